The molecular weight excluding hydrogens is 388 g/mol. The zero-order valence-electron chi connectivity index (χ0n) is 13.7. The Hall–Kier alpha value is -1.99. The monoisotopic (exact) mass is 404 g/mol. The molecule has 0 aliphatic rings. The van der Waals surface area contributed by atoms with Gasteiger partial charge in [-0.3, -0.25) is 4.79 Å². The highest BCUT2D eigenvalue weighted by Crippen LogP contribution is 2.23. The summed E-state index contributed by atoms with van der Waals surface area (Å²) in [5.41, 5.74) is 3.17. The van der Waals surface area contributed by atoms with E-state index in [1.54, 1.807) is 28.0 Å². The fourth-order valence-corrected chi connectivity index (χ4v) is 3.99. The molecule has 3 aromatic rings. The van der Waals surface area contributed by atoms with Crippen molar-refractivity contribution in [2.75, 3.05) is 7.05 Å². The van der Waals surface area contributed by atoms with Crippen molar-refractivity contribution >= 4 is 33.2 Å². The summed E-state index contributed by atoms with van der Waals surface area (Å²) in [5, 5.41) is 8.26. The minimum absolute atomic E-state index is 0.129. The third-order valence-electron chi connectivity index (χ3n) is 3.71. The molecule has 5 nitrogen and oxygen atoms in total. The number of aryl methyl sites for hydroxylation is 1. The van der Waals surface area contributed by atoms with Crippen LogP contribution >= 0.6 is 27.3 Å². The van der Waals surface area contributed by atoms with Gasteiger partial charge in [0.2, 0.25) is 0 Å². The van der Waals surface area contributed by atoms with E-state index in [0.29, 0.717) is 12.2 Å². The van der Waals surface area contributed by atoms with Crippen molar-refractivity contribution in [3.63, 3.8) is 0 Å². The maximum atomic E-state index is 12.7. The van der Waals surface area contributed by atoms with Crippen LogP contribution in [-0.2, 0) is 6.54 Å². The van der Waals surface area contributed by atoms with Gasteiger partial charge in [0, 0.05) is 11.9 Å². The quantitative estimate of drug-likeness (QED) is 0.660. The van der Waals surface area contributed by atoms with Crippen LogP contribution in [0.15, 0.2) is 40.2 Å². The van der Waals surface area contributed by atoms with Crippen molar-refractivity contribution in [2.24, 2.45) is 0 Å². The van der Waals surface area contributed by atoms with Crippen molar-refractivity contribution in [3.8, 4) is 5.69 Å². The van der Waals surface area contributed by atoms with Gasteiger partial charge in [0.25, 0.3) is 5.91 Å². The lowest BCUT2D eigenvalue weighted by molar-refractivity contribution is 0.0780. The van der Waals surface area contributed by atoms with E-state index in [4.69, 9.17) is 0 Å². The molecule has 0 radical (unpaired) electrons. The lowest BCUT2D eigenvalue weighted by atomic mass is 10.2. The molecule has 7 heteroatoms. The molecule has 2 heterocycles. The van der Waals surface area contributed by atoms with Crippen molar-refractivity contribution in [2.45, 2.75) is 20.4 Å². The molecule has 0 atom stereocenters. The first-order valence-corrected chi connectivity index (χ1v) is 9.05. The molecule has 124 valence electrons. The fourth-order valence-electron chi connectivity index (χ4n) is 2.45. The summed E-state index contributed by atoms with van der Waals surface area (Å²) < 4.78 is 2.76. The molecule has 1 amide bonds. The Kier molecular flexibility index (Phi) is 4.82. The summed E-state index contributed by atoms with van der Waals surface area (Å²) in [7, 11) is 1.78. The third kappa shape index (κ3) is 3.42. The van der Waals surface area contributed by atoms with Gasteiger partial charge in [-0.1, -0.05) is 17.3 Å². The minimum Gasteiger partial charge on any atom is -0.335 e. The third-order valence-corrected chi connectivity index (χ3v) is 5.32. The molecule has 0 saturated heterocycles. The highest BCUT2D eigenvalue weighted by Gasteiger charge is 2.21. The van der Waals surface area contributed by atoms with Crippen LogP contribution < -0.4 is 0 Å². The molecule has 0 saturated carbocycles. The minimum atomic E-state index is -0.129. The highest BCUT2D eigenvalue weighted by atomic mass is 79.9. The number of halogens is 1. The van der Waals surface area contributed by atoms with Crippen molar-refractivity contribution < 1.29 is 4.79 Å². The van der Waals surface area contributed by atoms with E-state index in [9.17, 15) is 4.79 Å². The van der Waals surface area contributed by atoms with E-state index < -0.39 is 0 Å². The van der Waals surface area contributed by atoms with Crippen LogP contribution in [0.25, 0.3) is 5.69 Å². The van der Waals surface area contributed by atoms with E-state index in [0.717, 1.165) is 25.6 Å². The van der Waals surface area contributed by atoms with Crippen LogP contribution in [0.5, 0.6) is 0 Å². The van der Waals surface area contributed by atoms with Gasteiger partial charge in [0.1, 0.15) is 0 Å². The van der Waals surface area contributed by atoms with Gasteiger partial charge in [-0.05, 0) is 59.6 Å². The number of amides is 1. The second-order valence-electron chi connectivity index (χ2n) is 5.64. The fraction of sp³-hybridized carbons (Fsp3) is 0.235. The summed E-state index contributed by atoms with van der Waals surface area (Å²) in [6.45, 7) is 4.44. The van der Waals surface area contributed by atoms with E-state index in [1.165, 1.54) is 0 Å². The molecule has 0 fully saturated rings. The number of nitrogens with zero attached hydrogens (tertiary/aromatic N) is 4. The van der Waals surface area contributed by atoms with Crippen LogP contribution in [0.1, 0.15) is 26.6 Å². The molecule has 0 aliphatic carbocycles. The average molecular weight is 405 g/mol. The Morgan fingerprint density at radius 3 is 2.75 bits per heavy atom. The number of thiophene rings is 1. The number of hydrogen-bond acceptors (Lipinski definition) is 4. The second kappa shape index (κ2) is 6.86. The summed E-state index contributed by atoms with van der Waals surface area (Å²) >= 11 is 5.06. The maximum Gasteiger partial charge on any atom is 0.276 e. The summed E-state index contributed by atoms with van der Waals surface area (Å²) in [6, 6.07) is 12.0. The molecule has 24 heavy (non-hydrogen) atoms. The number of carbonyl (C=O) groups excluding carboxylic acids is 1. The predicted octanol–water partition coefficient (Wildman–Crippen LogP) is 3.98. The maximum absolute atomic E-state index is 12.7. The van der Waals surface area contributed by atoms with E-state index in [2.05, 4.69) is 26.2 Å². The summed E-state index contributed by atoms with van der Waals surface area (Å²) in [6.07, 6.45) is 0. The van der Waals surface area contributed by atoms with Gasteiger partial charge in [-0.15, -0.1) is 16.4 Å². The Labute approximate surface area is 153 Å². The zero-order chi connectivity index (χ0) is 17.3. The van der Waals surface area contributed by atoms with E-state index in [-0.39, 0.29) is 5.91 Å². The van der Waals surface area contributed by atoms with Gasteiger partial charge in [0.05, 0.1) is 21.7 Å². The van der Waals surface area contributed by atoms with Gasteiger partial charge < -0.3 is 4.90 Å². The van der Waals surface area contributed by atoms with E-state index >= 15 is 0 Å². The van der Waals surface area contributed by atoms with Gasteiger partial charge in [-0.2, -0.15) is 0 Å². The number of hydrogen-bond donors (Lipinski definition) is 0. The number of benzene rings is 1. The lowest BCUT2D eigenvalue weighted by Crippen LogP contribution is -2.26. The zero-order valence-corrected chi connectivity index (χ0v) is 16.1. The molecule has 0 aliphatic heterocycles. The number of aromatic nitrogens is 3. The summed E-state index contributed by atoms with van der Waals surface area (Å²) in [4.78, 5) is 15.5. The predicted molar refractivity (Wildman–Crippen MR) is 98.6 cm³/mol. The Bertz CT molecular complexity index is 886. The van der Waals surface area contributed by atoms with Crippen LogP contribution in [0.2, 0.25) is 0 Å². The first kappa shape index (κ1) is 16.9. The Morgan fingerprint density at radius 1 is 1.29 bits per heavy atom. The molecule has 0 unspecified atom stereocenters. The lowest BCUT2D eigenvalue weighted by Gasteiger charge is -2.15. The molecule has 0 spiro atoms. The van der Waals surface area contributed by atoms with Gasteiger partial charge >= 0.3 is 0 Å². The molecule has 2 aromatic heterocycles. The Morgan fingerprint density at radius 2 is 2.08 bits per heavy atom. The van der Waals surface area contributed by atoms with Gasteiger partial charge in [0.15, 0.2) is 5.69 Å². The highest BCUT2D eigenvalue weighted by molar-refractivity contribution is 9.11. The van der Waals surface area contributed by atoms with Gasteiger partial charge in [-0.25, -0.2) is 4.68 Å². The summed E-state index contributed by atoms with van der Waals surface area (Å²) in [5.74, 6) is -0.129. The first-order valence-electron chi connectivity index (χ1n) is 7.44. The van der Waals surface area contributed by atoms with Crippen LogP contribution in [0, 0.1) is 13.8 Å². The van der Waals surface area contributed by atoms with Crippen LogP contribution in [-0.4, -0.2) is 32.8 Å². The standard InChI is InChI=1S/C17H17BrN4OS/c1-11-5-4-6-13(9-11)22-12(2)16(19-20-22)17(23)21(3)10-14-7-8-15(18)24-14/h4-9H,10H2,1-3H3. The molecule has 0 bridgehead atoms. The average Bonchev–Trinajstić information content (AvgIpc) is 3.12. The normalized spacial score (nSPS) is 10.8. The van der Waals surface area contributed by atoms with Crippen LogP contribution in [0.3, 0.4) is 0 Å². The topological polar surface area (TPSA) is 51.0 Å². The van der Waals surface area contributed by atoms with Crippen LogP contribution in [0.4, 0.5) is 0 Å². The molecule has 0 N–H and O–H groups in total. The molecule has 3 rings (SSSR count). The largest absolute Gasteiger partial charge is 0.335 e. The SMILES string of the molecule is Cc1cccc(-n2nnc(C(=O)N(C)Cc3ccc(Br)s3)c2C)c1. The van der Waals surface area contributed by atoms with Crippen molar-refractivity contribution in [3.05, 3.63) is 62.0 Å². The number of carbonyl (C=O) groups is 1. The molecule has 1 aromatic carbocycles. The van der Waals surface area contributed by atoms with Crippen molar-refractivity contribution in [1.29, 1.82) is 0 Å². The smallest absolute Gasteiger partial charge is 0.276 e. The second-order valence-corrected chi connectivity index (χ2v) is 8.19. The number of rotatable bonds is 4. The molecular formula is C17H17BrN4OS. The Balaban J connectivity index is 1.83. The van der Waals surface area contributed by atoms with Crippen molar-refractivity contribution in [1.82, 2.24) is 19.9 Å². The van der Waals surface area contributed by atoms with E-state index in [1.807, 2.05) is 50.2 Å². The first-order chi connectivity index (χ1) is 11.5.